The molecule has 3 rings (SSSR count). The predicted molar refractivity (Wildman–Crippen MR) is 90.3 cm³/mol. The third-order valence-corrected chi connectivity index (χ3v) is 5.70. The molecule has 1 aliphatic rings. The Bertz CT molecular complexity index is 857. The maximum atomic E-state index is 12.4. The van der Waals surface area contributed by atoms with Crippen molar-refractivity contribution in [1.82, 2.24) is 4.72 Å². The summed E-state index contributed by atoms with van der Waals surface area (Å²) < 4.78 is 27.5. The minimum Gasteiger partial charge on any atom is -0.481 e. The average molecular weight is 345 g/mol. The molecule has 1 aliphatic carbocycles. The van der Waals surface area contributed by atoms with Crippen LogP contribution >= 0.6 is 0 Å². The zero-order valence-corrected chi connectivity index (χ0v) is 14.0. The van der Waals surface area contributed by atoms with Crippen molar-refractivity contribution < 1.29 is 18.3 Å². The Morgan fingerprint density at radius 3 is 2.54 bits per heavy atom. The van der Waals surface area contributed by atoms with Crippen LogP contribution in [0.4, 0.5) is 0 Å². The summed E-state index contributed by atoms with van der Waals surface area (Å²) in [5, 5.41) is 8.75. The molecule has 0 fully saturated rings. The fraction of sp³-hybridized carbons (Fsp3) is 0.278. The maximum Gasteiger partial charge on any atom is 0.307 e. The van der Waals surface area contributed by atoms with Crippen LogP contribution in [0.2, 0.25) is 0 Å². The molecule has 0 unspecified atom stereocenters. The first-order valence-electron chi connectivity index (χ1n) is 7.86. The molecule has 2 aromatic rings. The summed E-state index contributed by atoms with van der Waals surface area (Å²) in [6.45, 7) is 0.266. The Hall–Kier alpha value is -2.18. The van der Waals surface area contributed by atoms with E-state index < -0.39 is 16.0 Å². The summed E-state index contributed by atoms with van der Waals surface area (Å²) in [4.78, 5) is 10.8. The van der Waals surface area contributed by atoms with Crippen molar-refractivity contribution in [3.05, 3.63) is 64.7 Å². The Balaban J connectivity index is 1.72. The average Bonchev–Trinajstić information content (AvgIpc) is 3.02. The molecule has 24 heavy (non-hydrogen) atoms. The van der Waals surface area contributed by atoms with Crippen molar-refractivity contribution in [2.24, 2.45) is 0 Å². The van der Waals surface area contributed by atoms with Crippen molar-refractivity contribution in [2.45, 2.75) is 37.1 Å². The van der Waals surface area contributed by atoms with E-state index in [1.807, 2.05) is 12.1 Å². The monoisotopic (exact) mass is 345 g/mol. The van der Waals surface area contributed by atoms with Gasteiger partial charge in [0, 0.05) is 6.54 Å². The van der Waals surface area contributed by atoms with Gasteiger partial charge in [-0.05, 0) is 53.6 Å². The molecule has 0 radical (unpaired) electrons. The van der Waals surface area contributed by atoms with Gasteiger partial charge >= 0.3 is 5.97 Å². The number of carboxylic acid groups (broad SMARTS) is 1. The highest BCUT2D eigenvalue weighted by Gasteiger charge is 2.18. The van der Waals surface area contributed by atoms with Crippen molar-refractivity contribution in [3.8, 4) is 0 Å². The van der Waals surface area contributed by atoms with Crippen LogP contribution in [-0.4, -0.2) is 19.5 Å². The first-order chi connectivity index (χ1) is 11.5. The molecule has 0 saturated heterocycles. The number of aryl methyl sites for hydroxylation is 1. The molecule has 0 atom stereocenters. The van der Waals surface area contributed by atoms with E-state index in [1.165, 1.54) is 35.4 Å². The number of carbonyl (C=O) groups is 1. The molecule has 0 saturated carbocycles. The smallest absolute Gasteiger partial charge is 0.307 e. The van der Waals surface area contributed by atoms with E-state index in [-0.39, 0.29) is 17.9 Å². The van der Waals surface area contributed by atoms with Gasteiger partial charge in [0.25, 0.3) is 0 Å². The molecule has 2 aromatic carbocycles. The molecule has 126 valence electrons. The Labute approximate surface area is 141 Å². The lowest BCUT2D eigenvalue weighted by molar-refractivity contribution is -0.136. The second-order valence-electron chi connectivity index (χ2n) is 5.95. The van der Waals surface area contributed by atoms with Gasteiger partial charge in [0.15, 0.2) is 0 Å². The highest BCUT2D eigenvalue weighted by Crippen LogP contribution is 2.25. The predicted octanol–water partition coefficient (Wildman–Crippen LogP) is 2.28. The van der Waals surface area contributed by atoms with Gasteiger partial charge in [0.05, 0.1) is 11.3 Å². The van der Waals surface area contributed by atoms with Crippen molar-refractivity contribution >= 4 is 16.0 Å². The summed E-state index contributed by atoms with van der Waals surface area (Å²) in [7, 11) is -3.62. The van der Waals surface area contributed by atoms with E-state index >= 15 is 0 Å². The number of nitrogens with one attached hydrogen (secondary N) is 1. The van der Waals surface area contributed by atoms with Gasteiger partial charge < -0.3 is 5.11 Å². The molecule has 6 heteroatoms. The Kier molecular flexibility index (Phi) is 4.69. The van der Waals surface area contributed by atoms with Crippen LogP contribution in [0.5, 0.6) is 0 Å². The summed E-state index contributed by atoms with van der Waals surface area (Å²) in [5.41, 5.74) is 4.17. The van der Waals surface area contributed by atoms with E-state index in [9.17, 15) is 13.2 Å². The van der Waals surface area contributed by atoms with E-state index in [4.69, 9.17) is 5.11 Å². The van der Waals surface area contributed by atoms with Crippen LogP contribution in [0.25, 0.3) is 0 Å². The molecular formula is C18H19NO4S. The van der Waals surface area contributed by atoms with E-state index in [2.05, 4.69) is 10.8 Å². The largest absolute Gasteiger partial charge is 0.481 e. The number of rotatable bonds is 6. The van der Waals surface area contributed by atoms with E-state index in [1.54, 1.807) is 0 Å². The topological polar surface area (TPSA) is 83.5 Å². The minimum absolute atomic E-state index is 0.121. The standard InChI is InChI=1S/C18H19NO4S/c20-18(21)11-13-7-9-16(10-8-13)24(22,23)19-12-15-5-1-3-14-4-2-6-17(14)15/h1,3,5,7-10,19H,2,4,6,11-12H2,(H,20,21). The fourth-order valence-corrected chi connectivity index (χ4v) is 4.09. The van der Waals surface area contributed by atoms with Gasteiger partial charge in [0.2, 0.25) is 10.0 Å². The normalized spacial score (nSPS) is 13.7. The molecule has 0 aromatic heterocycles. The van der Waals surface area contributed by atoms with Crippen molar-refractivity contribution in [3.63, 3.8) is 0 Å². The molecule has 0 spiro atoms. The number of benzene rings is 2. The first kappa shape index (κ1) is 16.7. The molecule has 5 nitrogen and oxygen atoms in total. The summed E-state index contributed by atoms with van der Waals surface area (Å²) >= 11 is 0. The van der Waals surface area contributed by atoms with Gasteiger partial charge in [-0.2, -0.15) is 0 Å². The minimum atomic E-state index is -3.62. The second-order valence-corrected chi connectivity index (χ2v) is 7.71. The Morgan fingerprint density at radius 1 is 1.08 bits per heavy atom. The zero-order valence-electron chi connectivity index (χ0n) is 13.2. The van der Waals surface area contributed by atoms with Gasteiger partial charge in [-0.3, -0.25) is 4.79 Å². The lowest BCUT2D eigenvalue weighted by Crippen LogP contribution is -2.23. The van der Waals surface area contributed by atoms with Crippen LogP contribution in [-0.2, 0) is 40.6 Å². The summed E-state index contributed by atoms with van der Waals surface area (Å²) in [6.07, 6.45) is 3.05. The zero-order chi connectivity index (χ0) is 17.2. The molecule has 0 heterocycles. The van der Waals surface area contributed by atoms with E-state index in [0.29, 0.717) is 5.56 Å². The number of fused-ring (bicyclic) bond motifs is 1. The van der Waals surface area contributed by atoms with Crippen LogP contribution in [0.15, 0.2) is 47.4 Å². The number of carboxylic acids is 1. The lowest BCUT2D eigenvalue weighted by Gasteiger charge is -2.11. The third kappa shape index (κ3) is 3.66. The van der Waals surface area contributed by atoms with Gasteiger partial charge in [0.1, 0.15) is 0 Å². The van der Waals surface area contributed by atoms with Crippen molar-refractivity contribution in [2.75, 3.05) is 0 Å². The summed E-state index contributed by atoms with van der Waals surface area (Å²) in [5.74, 6) is -0.943. The number of sulfonamides is 1. The molecular weight excluding hydrogens is 326 g/mol. The maximum absolute atomic E-state index is 12.4. The molecule has 0 aliphatic heterocycles. The first-order valence-corrected chi connectivity index (χ1v) is 9.34. The highest BCUT2D eigenvalue weighted by molar-refractivity contribution is 7.89. The van der Waals surface area contributed by atoms with Crippen LogP contribution in [0, 0.1) is 0 Å². The van der Waals surface area contributed by atoms with Crippen LogP contribution in [0.1, 0.15) is 28.7 Å². The number of hydrogen-bond acceptors (Lipinski definition) is 3. The molecule has 2 N–H and O–H groups in total. The quantitative estimate of drug-likeness (QED) is 0.841. The van der Waals surface area contributed by atoms with Crippen LogP contribution < -0.4 is 4.72 Å². The van der Waals surface area contributed by atoms with Crippen LogP contribution in [0.3, 0.4) is 0 Å². The molecule has 0 bridgehead atoms. The SMILES string of the molecule is O=C(O)Cc1ccc(S(=O)(=O)NCc2cccc3c2CCC3)cc1. The van der Waals surface area contributed by atoms with Gasteiger partial charge in [-0.15, -0.1) is 0 Å². The highest BCUT2D eigenvalue weighted by atomic mass is 32.2. The third-order valence-electron chi connectivity index (χ3n) is 4.28. The van der Waals surface area contributed by atoms with Crippen molar-refractivity contribution in [1.29, 1.82) is 0 Å². The summed E-state index contributed by atoms with van der Waals surface area (Å²) in [6, 6.07) is 12.0. The van der Waals surface area contributed by atoms with Gasteiger partial charge in [-0.25, -0.2) is 13.1 Å². The second kappa shape index (κ2) is 6.75. The molecule has 0 amide bonds. The number of aliphatic carboxylic acids is 1. The number of hydrogen-bond donors (Lipinski definition) is 2. The van der Waals surface area contributed by atoms with E-state index in [0.717, 1.165) is 24.8 Å². The lowest BCUT2D eigenvalue weighted by atomic mass is 10.0. The fourth-order valence-electron chi connectivity index (χ4n) is 3.08. The van der Waals surface area contributed by atoms with Gasteiger partial charge in [-0.1, -0.05) is 30.3 Å². The Morgan fingerprint density at radius 2 is 1.83 bits per heavy atom.